The summed E-state index contributed by atoms with van der Waals surface area (Å²) in [7, 11) is 2.06. The molecule has 96 valence electrons. The third kappa shape index (κ3) is 4.88. The monoisotopic (exact) mass is 235 g/mol. The molecule has 0 saturated heterocycles. The van der Waals surface area contributed by atoms with Crippen molar-refractivity contribution < 1.29 is 5.11 Å². The number of hydrogen-bond donors (Lipinski definition) is 1. The van der Waals surface area contributed by atoms with E-state index in [1.165, 1.54) is 11.1 Å². The molecule has 0 heterocycles. The molecular formula is C15H25NO. The number of benzene rings is 1. The van der Waals surface area contributed by atoms with Crippen molar-refractivity contribution in [2.45, 2.75) is 39.8 Å². The summed E-state index contributed by atoms with van der Waals surface area (Å²) in [6.45, 7) is 7.97. The Morgan fingerprint density at radius 1 is 1.35 bits per heavy atom. The molecule has 0 fully saturated rings. The van der Waals surface area contributed by atoms with Crippen molar-refractivity contribution in [2.75, 3.05) is 13.6 Å². The fraction of sp³-hybridized carbons (Fsp3) is 0.600. The molecule has 0 aliphatic heterocycles. The van der Waals surface area contributed by atoms with Gasteiger partial charge in [-0.05, 0) is 25.5 Å². The van der Waals surface area contributed by atoms with Gasteiger partial charge in [-0.1, -0.05) is 50.1 Å². The second-order valence-electron chi connectivity index (χ2n) is 5.14. The Morgan fingerprint density at radius 2 is 2.06 bits per heavy atom. The summed E-state index contributed by atoms with van der Waals surface area (Å²) in [6, 6.07) is 8.53. The topological polar surface area (TPSA) is 23.5 Å². The fourth-order valence-corrected chi connectivity index (χ4v) is 1.96. The van der Waals surface area contributed by atoms with Crippen molar-refractivity contribution >= 4 is 0 Å². The van der Waals surface area contributed by atoms with E-state index in [9.17, 15) is 5.11 Å². The highest BCUT2D eigenvalue weighted by molar-refractivity contribution is 5.21. The van der Waals surface area contributed by atoms with Gasteiger partial charge in [-0.15, -0.1) is 0 Å². The molecule has 0 saturated carbocycles. The third-order valence-corrected chi connectivity index (χ3v) is 3.33. The number of aryl methyl sites for hydroxylation is 1. The molecule has 1 aromatic carbocycles. The van der Waals surface area contributed by atoms with Crippen LogP contribution in [0.1, 0.15) is 31.4 Å². The first-order valence-corrected chi connectivity index (χ1v) is 6.45. The van der Waals surface area contributed by atoms with Gasteiger partial charge < -0.3 is 5.11 Å². The summed E-state index contributed by atoms with van der Waals surface area (Å²) in [5, 5.41) is 9.98. The first kappa shape index (κ1) is 14.2. The minimum Gasteiger partial charge on any atom is -0.392 e. The fourth-order valence-electron chi connectivity index (χ4n) is 1.96. The van der Waals surface area contributed by atoms with Crippen molar-refractivity contribution in [3.05, 3.63) is 35.4 Å². The lowest BCUT2D eigenvalue weighted by molar-refractivity contribution is 0.0754. The van der Waals surface area contributed by atoms with Crippen LogP contribution in [0.5, 0.6) is 0 Å². The van der Waals surface area contributed by atoms with Crippen molar-refractivity contribution in [1.29, 1.82) is 0 Å². The van der Waals surface area contributed by atoms with Crippen LogP contribution >= 0.6 is 0 Å². The Balaban J connectivity index is 2.47. The quantitative estimate of drug-likeness (QED) is 0.819. The normalized spacial score (nSPS) is 14.9. The van der Waals surface area contributed by atoms with Gasteiger partial charge in [-0.2, -0.15) is 0 Å². The molecule has 0 bridgehead atoms. The van der Waals surface area contributed by atoms with Crippen LogP contribution in [0.25, 0.3) is 0 Å². The molecule has 0 aliphatic carbocycles. The average molecular weight is 235 g/mol. The van der Waals surface area contributed by atoms with Crippen molar-refractivity contribution in [1.82, 2.24) is 4.90 Å². The lowest BCUT2D eigenvalue weighted by Gasteiger charge is -2.24. The minimum absolute atomic E-state index is 0.227. The predicted molar refractivity (Wildman–Crippen MR) is 73.0 cm³/mol. The van der Waals surface area contributed by atoms with Crippen LogP contribution < -0.4 is 0 Å². The Bertz CT molecular complexity index is 337. The number of rotatable bonds is 6. The van der Waals surface area contributed by atoms with Crippen LogP contribution in [0.2, 0.25) is 0 Å². The van der Waals surface area contributed by atoms with Crippen LogP contribution in [-0.4, -0.2) is 29.7 Å². The van der Waals surface area contributed by atoms with Crippen LogP contribution in [0.15, 0.2) is 24.3 Å². The van der Waals surface area contributed by atoms with Gasteiger partial charge in [0.25, 0.3) is 0 Å². The zero-order chi connectivity index (χ0) is 12.8. The summed E-state index contributed by atoms with van der Waals surface area (Å²) in [4.78, 5) is 2.19. The average Bonchev–Trinajstić information content (AvgIpc) is 2.27. The highest BCUT2D eigenvalue weighted by Crippen LogP contribution is 2.11. The van der Waals surface area contributed by atoms with Gasteiger partial charge in [0.2, 0.25) is 0 Å². The van der Waals surface area contributed by atoms with Crippen molar-refractivity contribution in [2.24, 2.45) is 5.92 Å². The maximum atomic E-state index is 9.98. The smallest absolute Gasteiger partial charge is 0.0692 e. The molecule has 1 rings (SSSR count). The molecule has 0 radical (unpaired) electrons. The molecule has 2 heteroatoms. The third-order valence-electron chi connectivity index (χ3n) is 3.33. The number of aliphatic hydroxyl groups is 1. The summed E-state index contributed by atoms with van der Waals surface area (Å²) in [5.74, 6) is 0.370. The largest absolute Gasteiger partial charge is 0.392 e. The maximum absolute atomic E-state index is 9.98. The predicted octanol–water partition coefficient (Wildman–Crippen LogP) is 2.83. The number of aliphatic hydroxyl groups excluding tert-OH is 1. The Hall–Kier alpha value is -0.860. The zero-order valence-corrected chi connectivity index (χ0v) is 11.5. The number of hydrogen-bond acceptors (Lipinski definition) is 2. The van der Waals surface area contributed by atoms with Gasteiger partial charge in [-0.3, -0.25) is 4.90 Å². The molecular weight excluding hydrogens is 210 g/mol. The first-order chi connectivity index (χ1) is 8.02. The lowest BCUT2D eigenvalue weighted by atomic mass is 10.0. The second kappa shape index (κ2) is 6.77. The number of likely N-dealkylation sites (N-methyl/N-ethyl adjacent to an activating group) is 1. The van der Waals surface area contributed by atoms with E-state index >= 15 is 0 Å². The van der Waals surface area contributed by atoms with Crippen LogP contribution in [0, 0.1) is 12.8 Å². The van der Waals surface area contributed by atoms with E-state index in [4.69, 9.17) is 0 Å². The lowest BCUT2D eigenvalue weighted by Crippen LogP contribution is -2.32. The van der Waals surface area contributed by atoms with Gasteiger partial charge in [0, 0.05) is 13.1 Å². The summed E-state index contributed by atoms with van der Waals surface area (Å²) in [5.41, 5.74) is 2.60. The van der Waals surface area contributed by atoms with Gasteiger partial charge in [-0.25, -0.2) is 0 Å². The summed E-state index contributed by atoms with van der Waals surface area (Å²) < 4.78 is 0. The molecule has 0 amide bonds. The molecule has 2 atom stereocenters. The standard InChI is InChI=1S/C15H25NO/c1-5-13(3)15(17)11-16(4)10-14-8-6-7-12(2)9-14/h6-9,13,15,17H,5,10-11H2,1-4H3. The van der Waals surface area contributed by atoms with Gasteiger partial charge >= 0.3 is 0 Å². The SMILES string of the molecule is CCC(C)C(O)CN(C)Cc1cccc(C)c1. The van der Waals surface area contributed by atoms with E-state index in [1.54, 1.807) is 0 Å². The van der Waals surface area contributed by atoms with E-state index in [0.717, 1.165) is 19.5 Å². The number of nitrogens with zero attached hydrogens (tertiary/aromatic N) is 1. The van der Waals surface area contributed by atoms with E-state index in [0.29, 0.717) is 5.92 Å². The Labute approximate surface area is 105 Å². The van der Waals surface area contributed by atoms with Crippen molar-refractivity contribution in [3.8, 4) is 0 Å². The minimum atomic E-state index is -0.227. The van der Waals surface area contributed by atoms with E-state index in [1.807, 2.05) is 0 Å². The molecule has 1 N–H and O–H groups in total. The van der Waals surface area contributed by atoms with Gasteiger partial charge in [0.05, 0.1) is 6.10 Å². The van der Waals surface area contributed by atoms with E-state index < -0.39 is 0 Å². The summed E-state index contributed by atoms with van der Waals surface area (Å²) >= 11 is 0. The molecule has 1 aromatic rings. The maximum Gasteiger partial charge on any atom is 0.0692 e. The molecule has 17 heavy (non-hydrogen) atoms. The highest BCUT2D eigenvalue weighted by Gasteiger charge is 2.14. The second-order valence-corrected chi connectivity index (χ2v) is 5.14. The molecule has 0 spiro atoms. The molecule has 0 aliphatic rings. The van der Waals surface area contributed by atoms with E-state index in [-0.39, 0.29) is 6.10 Å². The highest BCUT2D eigenvalue weighted by atomic mass is 16.3. The van der Waals surface area contributed by atoms with Crippen LogP contribution in [0.4, 0.5) is 0 Å². The van der Waals surface area contributed by atoms with Crippen molar-refractivity contribution in [3.63, 3.8) is 0 Å². The van der Waals surface area contributed by atoms with Gasteiger partial charge in [0.15, 0.2) is 0 Å². The zero-order valence-electron chi connectivity index (χ0n) is 11.5. The van der Waals surface area contributed by atoms with E-state index in [2.05, 4.69) is 57.0 Å². The molecule has 2 nitrogen and oxygen atoms in total. The van der Waals surface area contributed by atoms with Crippen LogP contribution in [0.3, 0.4) is 0 Å². The molecule has 0 aromatic heterocycles. The van der Waals surface area contributed by atoms with Gasteiger partial charge in [0.1, 0.15) is 0 Å². The summed E-state index contributed by atoms with van der Waals surface area (Å²) in [6.07, 6.45) is 0.800. The van der Waals surface area contributed by atoms with Crippen LogP contribution in [-0.2, 0) is 6.54 Å². The Kier molecular flexibility index (Phi) is 5.66. The first-order valence-electron chi connectivity index (χ1n) is 6.45. The molecule has 2 unspecified atom stereocenters. The Morgan fingerprint density at radius 3 is 2.65 bits per heavy atom.